The Morgan fingerprint density at radius 3 is 2.48 bits per heavy atom. The Kier molecular flexibility index (Phi) is 5.76. The summed E-state index contributed by atoms with van der Waals surface area (Å²) in [5.74, 6) is 0.0675. The summed E-state index contributed by atoms with van der Waals surface area (Å²) in [6.07, 6.45) is 4.32. The van der Waals surface area contributed by atoms with Gasteiger partial charge in [-0.25, -0.2) is 0 Å². The number of nitrogens with zero attached hydrogens (tertiary/aromatic N) is 1. The largest absolute Gasteiger partial charge is 0.328 e. The van der Waals surface area contributed by atoms with E-state index in [0.29, 0.717) is 12.1 Å². The van der Waals surface area contributed by atoms with Crippen LogP contribution in [0.25, 0.3) is 0 Å². The molecular formula is C17H27N3O. The van der Waals surface area contributed by atoms with Crippen molar-refractivity contribution in [3.8, 4) is 0 Å². The fraction of sp³-hybridized carbons (Fsp3) is 0.588. The molecule has 1 atom stereocenters. The van der Waals surface area contributed by atoms with Crippen molar-refractivity contribution < 1.29 is 4.79 Å². The lowest BCUT2D eigenvalue weighted by Crippen LogP contribution is -2.49. The van der Waals surface area contributed by atoms with Crippen LogP contribution in [0.3, 0.4) is 0 Å². The average molecular weight is 289 g/mol. The standard InChI is InChI=1S/C17H27N3O/c1-3-20(16-11-9-14(18)10-12-16)13(2)17(21)19-15-7-5-4-6-8-15/h4-8,13-14,16H,3,9-12,18H2,1-2H3,(H,19,21). The number of anilines is 1. The molecule has 0 saturated heterocycles. The van der Waals surface area contributed by atoms with Gasteiger partial charge in [0.1, 0.15) is 0 Å². The number of rotatable bonds is 5. The van der Waals surface area contributed by atoms with Crippen molar-refractivity contribution in [3.05, 3.63) is 30.3 Å². The van der Waals surface area contributed by atoms with Gasteiger partial charge in [-0.15, -0.1) is 0 Å². The molecule has 4 heteroatoms. The lowest BCUT2D eigenvalue weighted by Gasteiger charge is -2.38. The van der Waals surface area contributed by atoms with Crippen molar-refractivity contribution in [1.82, 2.24) is 4.90 Å². The number of nitrogens with one attached hydrogen (secondary N) is 1. The molecule has 2 rings (SSSR count). The molecule has 0 aromatic heterocycles. The number of hydrogen-bond donors (Lipinski definition) is 2. The zero-order chi connectivity index (χ0) is 15.2. The van der Waals surface area contributed by atoms with E-state index in [2.05, 4.69) is 17.1 Å². The number of amides is 1. The maximum absolute atomic E-state index is 12.4. The minimum absolute atomic E-state index is 0.0675. The van der Waals surface area contributed by atoms with Gasteiger partial charge in [-0.05, 0) is 51.3 Å². The quantitative estimate of drug-likeness (QED) is 0.876. The van der Waals surface area contributed by atoms with Gasteiger partial charge in [-0.1, -0.05) is 25.1 Å². The van der Waals surface area contributed by atoms with Gasteiger partial charge in [0.05, 0.1) is 6.04 Å². The van der Waals surface area contributed by atoms with Gasteiger partial charge < -0.3 is 11.1 Å². The Morgan fingerprint density at radius 2 is 1.90 bits per heavy atom. The van der Waals surface area contributed by atoms with E-state index < -0.39 is 0 Å². The minimum Gasteiger partial charge on any atom is -0.328 e. The molecule has 1 aliphatic rings. The Balaban J connectivity index is 1.95. The first-order valence-corrected chi connectivity index (χ1v) is 7.99. The summed E-state index contributed by atoms with van der Waals surface area (Å²) in [4.78, 5) is 14.8. The lowest BCUT2D eigenvalue weighted by atomic mass is 9.90. The zero-order valence-electron chi connectivity index (χ0n) is 13.1. The Hall–Kier alpha value is -1.39. The molecule has 1 unspecified atom stereocenters. The van der Waals surface area contributed by atoms with E-state index in [-0.39, 0.29) is 11.9 Å². The highest BCUT2D eigenvalue weighted by Gasteiger charge is 2.29. The first-order valence-electron chi connectivity index (χ1n) is 7.99. The van der Waals surface area contributed by atoms with Gasteiger partial charge in [0.25, 0.3) is 0 Å². The number of likely N-dealkylation sites (N-methyl/N-ethyl adjacent to an activating group) is 1. The van der Waals surface area contributed by atoms with E-state index in [0.717, 1.165) is 37.9 Å². The topological polar surface area (TPSA) is 58.4 Å². The van der Waals surface area contributed by atoms with Crippen molar-refractivity contribution in [1.29, 1.82) is 0 Å². The van der Waals surface area contributed by atoms with Crippen LogP contribution in [0.4, 0.5) is 5.69 Å². The molecule has 1 amide bonds. The van der Waals surface area contributed by atoms with Crippen LogP contribution < -0.4 is 11.1 Å². The van der Waals surface area contributed by atoms with Crippen LogP contribution in [0, 0.1) is 0 Å². The van der Waals surface area contributed by atoms with Crippen molar-refractivity contribution in [2.45, 2.75) is 57.7 Å². The van der Waals surface area contributed by atoms with Gasteiger partial charge in [-0.3, -0.25) is 9.69 Å². The maximum atomic E-state index is 12.4. The SMILES string of the molecule is CCN(C1CCC(N)CC1)C(C)C(=O)Nc1ccccc1. The highest BCUT2D eigenvalue weighted by molar-refractivity contribution is 5.94. The highest BCUT2D eigenvalue weighted by Crippen LogP contribution is 2.24. The number of para-hydroxylation sites is 1. The summed E-state index contributed by atoms with van der Waals surface area (Å²) >= 11 is 0. The second-order valence-electron chi connectivity index (χ2n) is 5.93. The van der Waals surface area contributed by atoms with Crippen LogP contribution in [0.15, 0.2) is 30.3 Å². The van der Waals surface area contributed by atoms with Crippen LogP contribution in [-0.2, 0) is 4.79 Å². The van der Waals surface area contributed by atoms with E-state index in [1.807, 2.05) is 37.3 Å². The first-order chi connectivity index (χ1) is 10.1. The molecule has 0 radical (unpaired) electrons. The smallest absolute Gasteiger partial charge is 0.241 e. The summed E-state index contributed by atoms with van der Waals surface area (Å²) in [5.41, 5.74) is 6.84. The van der Waals surface area contributed by atoms with Gasteiger partial charge in [0, 0.05) is 17.8 Å². The highest BCUT2D eigenvalue weighted by atomic mass is 16.2. The van der Waals surface area contributed by atoms with Crippen LogP contribution in [0.2, 0.25) is 0 Å². The van der Waals surface area contributed by atoms with Crippen LogP contribution in [-0.4, -0.2) is 35.5 Å². The molecule has 1 fully saturated rings. The molecule has 0 spiro atoms. The Bertz CT molecular complexity index is 441. The minimum atomic E-state index is -0.116. The van der Waals surface area contributed by atoms with E-state index in [9.17, 15) is 4.79 Å². The number of hydrogen-bond acceptors (Lipinski definition) is 3. The monoisotopic (exact) mass is 289 g/mol. The van der Waals surface area contributed by atoms with Crippen molar-refractivity contribution >= 4 is 11.6 Å². The Labute approximate surface area is 127 Å². The van der Waals surface area contributed by atoms with Gasteiger partial charge >= 0.3 is 0 Å². The predicted octanol–water partition coefficient (Wildman–Crippen LogP) is 2.61. The van der Waals surface area contributed by atoms with E-state index in [1.54, 1.807) is 0 Å². The van der Waals surface area contributed by atoms with E-state index in [1.165, 1.54) is 0 Å². The molecule has 1 saturated carbocycles. The summed E-state index contributed by atoms with van der Waals surface area (Å²) in [6.45, 7) is 5.01. The molecule has 1 aromatic carbocycles. The zero-order valence-corrected chi connectivity index (χ0v) is 13.1. The molecular weight excluding hydrogens is 262 g/mol. The summed E-state index contributed by atoms with van der Waals surface area (Å²) in [5, 5.41) is 3.00. The number of carbonyl (C=O) groups excluding carboxylic acids is 1. The third-order valence-corrected chi connectivity index (χ3v) is 4.49. The average Bonchev–Trinajstić information content (AvgIpc) is 2.50. The van der Waals surface area contributed by atoms with Crippen LogP contribution >= 0.6 is 0 Å². The third kappa shape index (κ3) is 4.29. The summed E-state index contributed by atoms with van der Waals surface area (Å²) in [7, 11) is 0. The molecule has 116 valence electrons. The Morgan fingerprint density at radius 1 is 1.29 bits per heavy atom. The molecule has 4 nitrogen and oxygen atoms in total. The first kappa shape index (κ1) is 16.0. The van der Waals surface area contributed by atoms with Crippen molar-refractivity contribution in [3.63, 3.8) is 0 Å². The van der Waals surface area contributed by atoms with Crippen LogP contribution in [0.5, 0.6) is 0 Å². The molecule has 1 aliphatic carbocycles. The number of carbonyl (C=O) groups is 1. The maximum Gasteiger partial charge on any atom is 0.241 e. The second kappa shape index (κ2) is 7.57. The second-order valence-corrected chi connectivity index (χ2v) is 5.93. The van der Waals surface area contributed by atoms with Gasteiger partial charge in [0.2, 0.25) is 5.91 Å². The normalized spacial score (nSPS) is 23.8. The third-order valence-electron chi connectivity index (χ3n) is 4.49. The van der Waals surface area contributed by atoms with Gasteiger partial charge in [0.15, 0.2) is 0 Å². The fourth-order valence-corrected chi connectivity index (χ4v) is 3.20. The van der Waals surface area contributed by atoms with E-state index in [4.69, 9.17) is 5.73 Å². The van der Waals surface area contributed by atoms with Crippen molar-refractivity contribution in [2.24, 2.45) is 5.73 Å². The molecule has 0 heterocycles. The lowest BCUT2D eigenvalue weighted by molar-refractivity contribution is -0.121. The van der Waals surface area contributed by atoms with Crippen molar-refractivity contribution in [2.75, 3.05) is 11.9 Å². The van der Waals surface area contributed by atoms with E-state index >= 15 is 0 Å². The molecule has 0 aliphatic heterocycles. The summed E-state index contributed by atoms with van der Waals surface area (Å²) < 4.78 is 0. The predicted molar refractivity (Wildman–Crippen MR) is 87.1 cm³/mol. The molecule has 0 bridgehead atoms. The van der Waals surface area contributed by atoms with Gasteiger partial charge in [-0.2, -0.15) is 0 Å². The molecule has 3 N–H and O–H groups in total. The molecule has 21 heavy (non-hydrogen) atoms. The fourth-order valence-electron chi connectivity index (χ4n) is 3.20. The molecule has 1 aromatic rings. The number of benzene rings is 1. The summed E-state index contributed by atoms with van der Waals surface area (Å²) in [6, 6.07) is 10.3. The van der Waals surface area contributed by atoms with Crippen LogP contribution in [0.1, 0.15) is 39.5 Å². The number of nitrogens with two attached hydrogens (primary N) is 1.